The summed E-state index contributed by atoms with van der Waals surface area (Å²) in [5, 5.41) is 5.69. The average Bonchev–Trinajstić information content (AvgIpc) is 2.87. The van der Waals surface area contributed by atoms with E-state index in [1.807, 2.05) is 60.7 Å². The smallest absolute Gasteiger partial charge is 0.251 e. The first kappa shape index (κ1) is 23.7. The van der Waals surface area contributed by atoms with Crippen LogP contribution in [0.2, 0.25) is 0 Å². The monoisotopic (exact) mass is 448 g/mol. The molecule has 0 aliphatic heterocycles. The van der Waals surface area contributed by atoms with Gasteiger partial charge in [-0.05, 0) is 29.7 Å². The number of hydrogen-bond acceptors (Lipinski definition) is 5. The zero-order chi connectivity index (χ0) is 23.6. The van der Waals surface area contributed by atoms with Crippen LogP contribution in [0.5, 0.6) is 17.2 Å². The molecule has 0 aliphatic rings. The Bertz CT molecular complexity index is 1050. The van der Waals surface area contributed by atoms with E-state index in [1.165, 1.54) is 33.5 Å². The summed E-state index contributed by atoms with van der Waals surface area (Å²) in [5.41, 5.74) is 2.39. The molecule has 0 saturated carbocycles. The number of benzene rings is 3. The van der Waals surface area contributed by atoms with Crippen molar-refractivity contribution in [2.45, 2.75) is 12.5 Å². The minimum atomic E-state index is -0.427. The maximum Gasteiger partial charge on any atom is 0.251 e. The molecule has 0 radical (unpaired) electrons. The number of nitrogens with one attached hydrogen (secondary N) is 2. The van der Waals surface area contributed by atoms with E-state index in [4.69, 9.17) is 14.2 Å². The van der Waals surface area contributed by atoms with Gasteiger partial charge in [0.25, 0.3) is 5.91 Å². The van der Waals surface area contributed by atoms with Gasteiger partial charge in [-0.1, -0.05) is 60.7 Å². The summed E-state index contributed by atoms with van der Waals surface area (Å²) in [4.78, 5) is 25.4. The number of amides is 2. The molecule has 0 aliphatic carbocycles. The van der Waals surface area contributed by atoms with Gasteiger partial charge < -0.3 is 24.8 Å². The van der Waals surface area contributed by atoms with E-state index in [0.29, 0.717) is 29.2 Å². The van der Waals surface area contributed by atoms with Gasteiger partial charge in [0.2, 0.25) is 11.7 Å². The summed E-state index contributed by atoms with van der Waals surface area (Å²) in [6, 6.07) is 22.5. The highest BCUT2D eigenvalue weighted by atomic mass is 16.5. The standard InChI is InChI=1S/C26H28N2O5/c1-31-22-15-20(16-23(32-2)25(22)33-3)26(30)27-17-24(29)28-21(19-12-8-5-9-13-19)14-18-10-6-4-7-11-18/h4-13,15-16,21H,14,17H2,1-3H3,(H,27,30)(H,28,29). The van der Waals surface area contributed by atoms with E-state index in [-0.39, 0.29) is 18.5 Å². The lowest BCUT2D eigenvalue weighted by Crippen LogP contribution is -2.39. The van der Waals surface area contributed by atoms with Crippen LogP contribution in [0.3, 0.4) is 0 Å². The molecule has 0 aromatic heterocycles. The van der Waals surface area contributed by atoms with Crippen molar-refractivity contribution < 1.29 is 23.8 Å². The van der Waals surface area contributed by atoms with Crippen molar-refractivity contribution >= 4 is 11.8 Å². The Balaban J connectivity index is 1.68. The molecule has 7 heteroatoms. The Labute approximate surface area is 193 Å². The molecule has 3 aromatic rings. The van der Waals surface area contributed by atoms with E-state index in [1.54, 1.807) is 0 Å². The Morgan fingerprint density at radius 1 is 0.818 bits per heavy atom. The highest BCUT2D eigenvalue weighted by Gasteiger charge is 2.19. The number of methoxy groups -OCH3 is 3. The van der Waals surface area contributed by atoms with E-state index in [2.05, 4.69) is 10.6 Å². The largest absolute Gasteiger partial charge is 0.493 e. The van der Waals surface area contributed by atoms with Crippen LogP contribution in [-0.4, -0.2) is 39.7 Å². The second-order valence-electron chi connectivity index (χ2n) is 7.32. The van der Waals surface area contributed by atoms with E-state index >= 15 is 0 Å². The minimum absolute atomic E-state index is 0.173. The lowest BCUT2D eigenvalue weighted by atomic mass is 9.99. The summed E-state index contributed by atoms with van der Waals surface area (Å²) in [5.74, 6) is 0.391. The molecule has 33 heavy (non-hydrogen) atoms. The summed E-state index contributed by atoms with van der Waals surface area (Å²) in [7, 11) is 4.44. The Kier molecular flexibility index (Phi) is 8.30. The van der Waals surface area contributed by atoms with Crippen molar-refractivity contribution in [3.05, 3.63) is 89.5 Å². The highest BCUT2D eigenvalue weighted by molar-refractivity contribution is 5.97. The molecule has 0 fully saturated rings. The number of ether oxygens (including phenoxy) is 3. The van der Waals surface area contributed by atoms with E-state index in [0.717, 1.165) is 11.1 Å². The van der Waals surface area contributed by atoms with Crippen molar-refractivity contribution in [2.24, 2.45) is 0 Å². The van der Waals surface area contributed by atoms with Gasteiger partial charge in [-0.25, -0.2) is 0 Å². The van der Waals surface area contributed by atoms with Crippen LogP contribution in [-0.2, 0) is 11.2 Å². The van der Waals surface area contributed by atoms with Gasteiger partial charge in [-0.2, -0.15) is 0 Å². The first-order valence-electron chi connectivity index (χ1n) is 10.5. The van der Waals surface area contributed by atoms with Gasteiger partial charge in [0.15, 0.2) is 11.5 Å². The third-order valence-corrected chi connectivity index (χ3v) is 5.16. The third kappa shape index (κ3) is 6.26. The molecule has 1 unspecified atom stereocenters. The van der Waals surface area contributed by atoms with Gasteiger partial charge in [-0.15, -0.1) is 0 Å². The quantitative estimate of drug-likeness (QED) is 0.496. The molecule has 7 nitrogen and oxygen atoms in total. The predicted octanol–water partition coefficient (Wildman–Crippen LogP) is 3.54. The topological polar surface area (TPSA) is 85.9 Å². The van der Waals surface area contributed by atoms with Gasteiger partial charge >= 0.3 is 0 Å². The molecule has 0 bridgehead atoms. The molecule has 3 rings (SSSR count). The molecule has 1 atom stereocenters. The molecule has 3 aromatic carbocycles. The lowest BCUT2D eigenvalue weighted by molar-refractivity contribution is -0.120. The van der Waals surface area contributed by atoms with Gasteiger partial charge in [0.1, 0.15) is 0 Å². The third-order valence-electron chi connectivity index (χ3n) is 5.16. The number of carbonyl (C=O) groups is 2. The zero-order valence-corrected chi connectivity index (χ0v) is 19.0. The van der Waals surface area contributed by atoms with Crippen LogP contribution in [0, 0.1) is 0 Å². The van der Waals surface area contributed by atoms with Crippen LogP contribution in [0.1, 0.15) is 27.5 Å². The number of rotatable bonds is 10. The molecule has 0 saturated heterocycles. The molecular weight excluding hydrogens is 420 g/mol. The van der Waals surface area contributed by atoms with Crippen molar-refractivity contribution in [3.63, 3.8) is 0 Å². The fourth-order valence-electron chi connectivity index (χ4n) is 3.51. The van der Waals surface area contributed by atoms with E-state index in [9.17, 15) is 9.59 Å². The second-order valence-corrected chi connectivity index (χ2v) is 7.32. The first-order valence-corrected chi connectivity index (χ1v) is 10.5. The summed E-state index contributed by atoms with van der Waals surface area (Å²) in [6.45, 7) is -0.173. The number of hydrogen-bond donors (Lipinski definition) is 2. The van der Waals surface area contributed by atoms with Gasteiger partial charge in [-0.3, -0.25) is 9.59 Å². The van der Waals surface area contributed by atoms with Crippen LogP contribution >= 0.6 is 0 Å². The average molecular weight is 449 g/mol. The first-order chi connectivity index (χ1) is 16.0. The van der Waals surface area contributed by atoms with Crippen LogP contribution in [0.25, 0.3) is 0 Å². The summed E-state index contributed by atoms with van der Waals surface area (Å²) in [6.07, 6.45) is 0.636. The van der Waals surface area contributed by atoms with Crippen molar-refractivity contribution in [2.75, 3.05) is 27.9 Å². The second kappa shape index (κ2) is 11.6. The molecular formula is C26H28N2O5. The van der Waals surface area contributed by atoms with Crippen LogP contribution < -0.4 is 24.8 Å². The van der Waals surface area contributed by atoms with E-state index < -0.39 is 5.91 Å². The van der Waals surface area contributed by atoms with Crippen LogP contribution in [0.15, 0.2) is 72.8 Å². The van der Waals surface area contributed by atoms with Gasteiger partial charge in [0, 0.05) is 5.56 Å². The van der Waals surface area contributed by atoms with Crippen molar-refractivity contribution in [1.82, 2.24) is 10.6 Å². The van der Waals surface area contributed by atoms with Crippen molar-refractivity contribution in [1.29, 1.82) is 0 Å². The minimum Gasteiger partial charge on any atom is -0.493 e. The molecule has 0 heterocycles. The maximum atomic E-state index is 12.7. The Hall–Kier alpha value is -4.00. The summed E-state index contributed by atoms with van der Waals surface area (Å²) >= 11 is 0. The molecule has 2 amide bonds. The van der Waals surface area contributed by atoms with Gasteiger partial charge in [0.05, 0.1) is 33.9 Å². The Morgan fingerprint density at radius 2 is 1.39 bits per heavy atom. The fourth-order valence-corrected chi connectivity index (χ4v) is 3.51. The Morgan fingerprint density at radius 3 is 1.94 bits per heavy atom. The molecule has 2 N–H and O–H groups in total. The number of carbonyl (C=O) groups excluding carboxylic acids is 2. The lowest BCUT2D eigenvalue weighted by Gasteiger charge is -2.20. The highest BCUT2D eigenvalue weighted by Crippen LogP contribution is 2.38. The predicted molar refractivity (Wildman–Crippen MR) is 126 cm³/mol. The fraction of sp³-hybridized carbons (Fsp3) is 0.231. The van der Waals surface area contributed by atoms with Crippen molar-refractivity contribution in [3.8, 4) is 17.2 Å². The zero-order valence-electron chi connectivity index (χ0n) is 19.0. The summed E-state index contributed by atoms with van der Waals surface area (Å²) < 4.78 is 15.9. The van der Waals surface area contributed by atoms with Crippen LogP contribution in [0.4, 0.5) is 0 Å². The molecule has 172 valence electrons. The normalized spacial score (nSPS) is 11.2. The maximum absolute atomic E-state index is 12.7. The SMILES string of the molecule is COc1cc(C(=O)NCC(=O)NC(Cc2ccccc2)c2ccccc2)cc(OC)c1OC. The molecule has 0 spiro atoms.